The molecule has 0 fully saturated rings. The zero-order valence-corrected chi connectivity index (χ0v) is 18.8. The second-order valence-electron chi connectivity index (χ2n) is 7.33. The molecule has 0 saturated carbocycles. The lowest BCUT2D eigenvalue weighted by Gasteiger charge is -2.18. The van der Waals surface area contributed by atoms with Crippen LogP contribution in [-0.4, -0.2) is 23.6 Å². The molecule has 0 heterocycles. The zero-order chi connectivity index (χ0) is 24.6. The number of rotatable bonds is 9. The Morgan fingerprint density at radius 1 is 1.27 bits per heavy atom. The molecule has 0 unspecified atom stereocenters. The summed E-state index contributed by atoms with van der Waals surface area (Å²) in [6, 6.07) is 7.29. The second-order valence-corrected chi connectivity index (χ2v) is 7.33. The van der Waals surface area contributed by atoms with Gasteiger partial charge in [-0.15, -0.1) is 13.2 Å². The van der Waals surface area contributed by atoms with E-state index in [0.29, 0.717) is 27.9 Å². The van der Waals surface area contributed by atoms with Crippen molar-refractivity contribution in [2.45, 2.75) is 46.7 Å². The fourth-order valence-electron chi connectivity index (χ4n) is 3.13. The van der Waals surface area contributed by atoms with Crippen LogP contribution in [0.5, 0.6) is 5.75 Å². The van der Waals surface area contributed by atoms with E-state index in [1.54, 1.807) is 12.3 Å². The van der Waals surface area contributed by atoms with E-state index in [9.17, 15) is 23.1 Å². The summed E-state index contributed by atoms with van der Waals surface area (Å²) in [7, 11) is 0. The molecule has 0 saturated heterocycles. The van der Waals surface area contributed by atoms with E-state index < -0.39 is 6.36 Å². The predicted octanol–water partition coefficient (Wildman–Crippen LogP) is 5.91. The summed E-state index contributed by atoms with van der Waals surface area (Å²) in [6.07, 6.45) is 0.752. The number of aliphatic hydroxyl groups is 1. The third-order valence-corrected chi connectivity index (χ3v) is 5.07. The number of halogens is 3. The largest absolute Gasteiger partial charge is 0.573 e. The van der Waals surface area contributed by atoms with Crippen LogP contribution in [0.3, 0.4) is 0 Å². The number of aliphatic imine (C=N–C) groups is 1. The van der Waals surface area contributed by atoms with Gasteiger partial charge >= 0.3 is 6.36 Å². The van der Waals surface area contributed by atoms with Gasteiger partial charge in [0.25, 0.3) is 0 Å². The second kappa shape index (κ2) is 11.5. The highest BCUT2D eigenvalue weighted by molar-refractivity contribution is 5.87. The van der Waals surface area contributed by atoms with Gasteiger partial charge in [-0.1, -0.05) is 31.2 Å². The van der Waals surface area contributed by atoms with E-state index in [1.807, 2.05) is 26.8 Å². The number of benzene rings is 2. The number of ether oxygens (including phenoxy) is 1. The quantitative estimate of drug-likeness (QED) is 0.361. The Morgan fingerprint density at radius 2 is 1.94 bits per heavy atom. The summed E-state index contributed by atoms with van der Waals surface area (Å²) in [5.74, 6) is -0.700. The Balaban J connectivity index is 2.60. The number of carbonyl (C=O) groups excluding carboxylic acids is 1. The summed E-state index contributed by atoms with van der Waals surface area (Å²) in [6.45, 7) is 9.07. The van der Waals surface area contributed by atoms with E-state index in [1.165, 1.54) is 24.3 Å². The van der Waals surface area contributed by atoms with Gasteiger partial charge in [-0.25, -0.2) is 0 Å². The Labute approximate surface area is 191 Å². The molecule has 1 amide bonds. The first-order valence-corrected chi connectivity index (χ1v) is 10.3. The van der Waals surface area contributed by atoms with Crippen LogP contribution in [0.25, 0.3) is 11.1 Å². The van der Waals surface area contributed by atoms with Crippen molar-refractivity contribution in [1.82, 2.24) is 5.32 Å². The molecule has 2 rings (SSSR count). The first kappa shape index (κ1) is 25.9. The van der Waals surface area contributed by atoms with Crippen LogP contribution >= 0.6 is 0 Å². The third kappa shape index (κ3) is 7.32. The molecule has 0 bridgehead atoms. The van der Waals surface area contributed by atoms with Crippen LogP contribution < -0.4 is 10.1 Å². The average Bonchev–Trinajstić information content (AvgIpc) is 2.78. The maximum absolute atomic E-state index is 12.5. The normalized spacial score (nSPS) is 12.2. The molecular formula is C25H27F3N2O3. The first-order chi connectivity index (χ1) is 15.6. The van der Waals surface area contributed by atoms with Gasteiger partial charge in [0.2, 0.25) is 5.91 Å². The van der Waals surface area contributed by atoms with E-state index in [2.05, 4.69) is 21.6 Å². The monoisotopic (exact) mass is 460 g/mol. The fourth-order valence-corrected chi connectivity index (χ4v) is 3.13. The first-order valence-electron chi connectivity index (χ1n) is 10.3. The van der Waals surface area contributed by atoms with Gasteiger partial charge in [-0.3, -0.25) is 9.79 Å². The third-order valence-electron chi connectivity index (χ3n) is 5.07. The highest BCUT2D eigenvalue weighted by Gasteiger charge is 2.31. The fraction of sp³-hybridized carbons (Fsp3) is 0.280. The van der Waals surface area contributed by atoms with Crippen LogP contribution in [0.15, 0.2) is 59.6 Å². The molecule has 2 aromatic carbocycles. The topological polar surface area (TPSA) is 70.9 Å². The van der Waals surface area contributed by atoms with Crippen molar-refractivity contribution >= 4 is 17.8 Å². The van der Waals surface area contributed by atoms with Crippen LogP contribution in [0.1, 0.15) is 37.0 Å². The molecule has 5 nitrogen and oxygen atoms in total. The standard InChI is InChI=1S/C25H27F3N2O3/c1-5-16(3)11-12-29-24-17(4)21(13-19(22(24)15-31)14-30-23(32)6-2)18-7-9-20(10-8-18)33-25(26,27)28/h6-13,31H,2,5,14-15H2,1,3-4H3,(H,30,32)/b16-11+,29-12?. The number of carbonyl (C=O) groups is 1. The molecule has 0 aliphatic heterocycles. The summed E-state index contributed by atoms with van der Waals surface area (Å²) < 4.78 is 41.4. The van der Waals surface area contributed by atoms with Crippen molar-refractivity contribution in [1.29, 1.82) is 0 Å². The van der Waals surface area contributed by atoms with E-state index in [0.717, 1.165) is 23.6 Å². The molecule has 176 valence electrons. The van der Waals surface area contributed by atoms with Crippen LogP contribution in [0, 0.1) is 6.92 Å². The number of hydrogen-bond acceptors (Lipinski definition) is 4. The molecular weight excluding hydrogens is 433 g/mol. The number of nitrogens with zero attached hydrogens (tertiary/aromatic N) is 1. The lowest BCUT2D eigenvalue weighted by atomic mass is 9.92. The number of hydrogen-bond donors (Lipinski definition) is 2. The van der Waals surface area contributed by atoms with Crippen molar-refractivity contribution < 1.29 is 27.8 Å². The smallest absolute Gasteiger partial charge is 0.406 e. The number of alkyl halides is 3. The van der Waals surface area contributed by atoms with Gasteiger partial charge in [-0.05, 0) is 72.9 Å². The molecule has 0 aromatic heterocycles. The molecule has 0 atom stereocenters. The van der Waals surface area contributed by atoms with Gasteiger partial charge in [0, 0.05) is 18.3 Å². The summed E-state index contributed by atoms with van der Waals surface area (Å²) in [5.41, 5.74) is 4.92. The minimum absolute atomic E-state index is 0.121. The minimum Gasteiger partial charge on any atom is -0.406 e. The Hall–Kier alpha value is -3.39. The number of allylic oxidation sites excluding steroid dienone is 2. The molecule has 0 aliphatic carbocycles. The summed E-state index contributed by atoms with van der Waals surface area (Å²) >= 11 is 0. The Morgan fingerprint density at radius 3 is 2.48 bits per heavy atom. The highest BCUT2D eigenvalue weighted by Crippen LogP contribution is 2.37. The van der Waals surface area contributed by atoms with Crippen LogP contribution in [-0.2, 0) is 17.9 Å². The number of amides is 1. The minimum atomic E-state index is -4.78. The summed E-state index contributed by atoms with van der Waals surface area (Å²) in [4.78, 5) is 16.2. The lowest BCUT2D eigenvalue weighted by Crippen LogP contribution is -2.21. The number of nitrogens with one attached hydrogen (secondary N) is 1. The SMILES string of the molecule is C=CC(=O)NCc1cc(-c2ccc(OC(F)(F)F)cc2)c(C)c(N=C/C=C(\C)CC)c1CO. The predicted molar refractivity (Wildman–Crippen MR) is 123 cm³/mol. The van der Waals surface area contributed by atoms with Crippen molar-refractivity contribution in [3.8, 4) is 16.9 Å². The zero-order valence-electron chi connectivity index (χ0n) is 18.8. The van der Waals surface area contributed by atoms with Crippen molar-refractivity contribution in [3.05, 3.63) is 71.3 Å². The molecule has 8 heteroatoms. The number of aliphatic hydroxyl groups excluding tert-OH is 1. The van der Waals surface area contributed by atoms with E-state index in [4.69, 9.17) is 0 Å². The maximum Gasteiger partial charge on any atom is 0.573 e. The molecule has 0 spiro atoms. The Bertz CT molecular complexity index is 1060. The van der Waals surface area contributed by atoms with Gasteiger partial charge in [0.15, 0.2) is 0 Å². The molecule has 0 radical (unpaired) electrons. The van der Waals surface area contributed by atoms with Gasteiger partial charge in [0.1, 0.15) is 5.75 Å². The van der Waals surface area contributed by atoms with Crippen molar-refractivity contribution in [2.75, 3.05) is 0 Å². The van der Waals surface area contributed by atoms with Crippen LogP contribution in [0.2, 0.25) is 0 Å². The van der Waals surface area contributed by atoms with E-state index >= 15 is 0 Å². The Kier molecular flexibility index (Phi) is 8.99. The summed E-state index contributed by atoms with van der Waals surface area (Å²) in [5, 5.41) is 12.8. The highest BCUT2D eigenvalue weighted by atomic mass is 19.4. The van der Waals surface area contributed by atoms with E-state index in [-0.39, 0.29) is 24.8 Å². The lowest BCUT2D eigenvalue weighted by molar-refractivity contribution is -0.274. The average molecular weight is 460 g/mol. The van der Waals surface area contributed by atoms with Crippen LogP contribution in [0.4, 0.5) is 18.9 Å². The van der Waals surface area contributed by atoms with Gasteiger partial charge in [-0.2, -0.15) is 0 Å². The maximum atomic E-state index is 12.5. The van der Waals surface area contributed by atoms with Gasteiger partial charge < -0.3 is 15.2 Å². The molecule has 2 N–H and O–H groups in total. The molecule has 33 heavy (non-hydrogen) atoms. The molecule has 0 aliphatic rings. The van der Waals surface area contributed by atoms with Gasteiger partial charge in [0.05, 0.1) is 12.3 Å². The molecule has 2 aromatic rings. The van der Waals surface area contributed by atoms with Crippen molar-refractivity contribution in [3.63, 3.8) is 0 Å². The van der Waals surface area contributed by atoms with Crippen molar-refractivity contribution in [2.24, 2.45) is 4.99 Å².